The largest absolute Gasteiger partial charge is 0.310 e. The normalized spacial score (nSPS) is 12.4. The van der Waals surface area contributed by atoms with Gasteiger partial charge in [-0.3, -0.25) is 0 Å². The molecule has 0 aromatic heterocycles. The maximum absolute atomic E-state index is 13.9. The summed E-state index contributed by atoms with van der Waals surface area (Å²) in [6.45, 7) is 5.08. The van der Waals surface area contributed by atoms with Crippen LogP contribution < -0.4 is 5.32 Å². The summed E-state index contributed by atoms with van der Waals surface area (Å²) in [5.41, 5.74) is 3.04. The quantitative estimate of drug-likeness (QED) is 0.785. The van der Waals surface area contributed by atoms with E-state index >= 15 is 0 Å². The van der Waals surface area contributed by atoms with Crippen molar-refractivity contribution in [3.8, 4) is 0 Å². The molecule has 0 bridgehead atoms. The third-order valence-corrected chi connectivity index (χ3v) is 3.87. The van der Waals surface area contributed by atoms with Crippen molar-refractivity contribution in [1.29, 1.82) is 0 Å². The molecule has 2 aromatic carbocycles. The molecule has 0 aliphatic carbocycles. The molecule has 0 spiro atoms. The van der Waals surface area contributed by atoms with E-state index in [1.807, 2.05) is 30.3 Å². The van der Waals surface area contributed by atoms with Gasteiger partial charge in [-0.15, -0.1) is 0 Å². The highest BCUT2D eigenvalue weighted by atomic mass is 35.5. The number of halogens is 2. The standard InChI is InChI=1S/C18H21ClFN/c1-3-10-21-18(11-14-6-4-5-7-17(14)20)16-12-15(19)9-8-13(16)2/h4-9,12,18,21H,3,10-11H2,1-2H3. The van der Waals surface area contributed by atoms with Gasteiger partial charge in [0.2, 0.25) is 0 Å². The van der Waals surface area contributed by atoms with Crippen LogP contribution in [0.5, 0.6) is 0 Å². The van der Waals surface area contributed by atoms with Gasteiger partial charge in [0.05, 0.1) is 0 Å². The molecule has 0 amide bonds. The maximum Gasteiger partial charge on any atom is 0.126 e. The van der Waals surface area contributed by atoms with Crippen LogP contribution in [0.15, 0.2) is 42.5 Å². The summed E-state index contributed by atoms with van der Waals surface area (Å²) in [5.74, 6) is -0.152. The topological polar surface area (TPSA) is 12.0 Å². The number of benzene rings is 2. The van der Waals surface area contributed by atoms with Crippen LogP contribution >= 0.6 is 11.6 Å². The van der Waals surface area contributed by atoms with Crippen LogP contribution in [-0.2, 0) is 6.42 Å². The number of rotatable bonds is 6. The van der Waals surface area contributed by atoms with Crippen LogP contribution in [0.2, 0.25) is 5.02 Å². The van der Waals surface area contributed by atoms with Crippen LogP contribution in [0.1, 0.15) is 36.1 Å². The highest BCUT2D eigenvalue weighted by Crippen LogP contribution is 2.26. The average molecular weight is 306 g/mol. The van der Waals surface area contributed by atoms with Crippen LogP contribution in [0.3, 0.4) is 0 Å². The zero-order chi connectivity index (χ0) is 15.2. The van der Waals surface area contributed by atoms with E-state index in [1.54, 1.807) is 6.07 Å². The minimum atomic E-state index is -0.152. The third-order valence-electron chi connectivity index (χ3n) is 3.64. The Labute approximate surface area is 131 Å². The Balaban J connectivity index is 2.30. The molecule has 3 heteroatoms. The highest BCUT2D eigenvalue weighted by Gasteiger charge is 2.16. The van der Waals surface area contributed by atoms with Gasteiger partial charge >= 0.3 is 0 Å². The second kappa shape index (κ2) is 7.58. The Morgan fingerprint density at radius 3 is 2.67 bits per heavy atom. The number of aryl methyl sites for hydroxylation is 1. The van der Waals surface area contributed by atoms with Gasteiger partial charge in [0.25, 0.3) is 0 Å². The molecule has 2 aromatic rings. The lowest BCUT2D eigenvalue weighted by Crippen LogP contribution is -2.25. The van der Waals surface area contributed by atoms with Gasteiger partial charge in [0, 0.05) is 11.1 Å². The van der Waals surface area contributed by atoms with Crippen molar-refractivity contribution >= 4 is 11.6 Å². The van der Waals surface area contributed by atoms with E-state index in [0.717, 1.165) is 24.1 Å². The van der Waals surface area contributed by atoms with Crippen molar-refractivity contribution in [2.24, 2.45) is 0 Å². The summed E-state index contributed by atoms with van der Waals surface area (Å²) in [7, 11) is 0. The summed E-state index contributed by atoms with van der Waals surface area (Å²) in [5, 5.41) is 4.22. The molecule has 0 saturated heterocycles. The first kappa shape index (κ1) is 16.0. The molecular weight excluding hydrogens is 285 g/mol. The lowest BCUT2D eigenvalue weighted by molar-refractivity contribution is 0.511. The molecule has 0 aliphatic rings. The predicted molar refractivity (Wildman–Crippen MR) is 87.3 cm³/mol. The fourth-order valence-corrected chi connectivity index (χ4v) is 2.66. The van der Waals surface area contributed by atoms with Gasteiger partial charge in [-0.25, -0.2) is 4.39 Å². The molecule has 21 heavy (non-hydrogen) atoms. The monoisotopic (exact) mass is 305 g/mol. The van der Waals surface area contributed by atoms with E-state index in [0.29, 0.717) is 11.4 Å². The molecule has 1 unspecified atom stereocenters. The Morgan fingerprint density at radius 2 is 1.95 bits per heavy atom. The van der Waals surface area contributed by atoms with E-state index in [4.69, 9.17) is 11.6 Å². The lowest BCUT2D eigenvalue weighted by Gasteiger charge is -2.21. The van der Waals surface area contributed by atoms with Gasteiger partial charge in [-0.05, 0) is 61.2 Å². The Hall–Kier alpha value is -1.38. The summed E-state index contributed by atoms with van der Waals surface area (Å²) >= 11 is 6.13. The molecule has 112 valence electrons. The smallest absolute Gasteiger partial charge is 0.126 e. The minimum Gasteiger partial charge on any atom is -0.310 e. The van der Waals surface area contributed by atoms with E-state index in [1.165, 1.54) is 11.6 Å². The van der Waals surface area contributed by atoms with Crippen molar-refractivity contribution in [2.75, 3.05) is 6.54 Å². The van der Waals surface area contributed by atoms with Gasteiger partial charge < -0.3 is 5.32 Å². The molecule has 1 N–H and O–H groups in total. The van der Waals surface area contributed by atoms with Crippen molar-refractivity contribution < 1.29 is 4.39 Å². The molecule has 0 heterocycles. The van der Waals surface area contributed by atoms with Gasteiger partial charge in [-0.2, -0.15) is 0 Å². The first-order valence-electron chi connectivity index (χ1n) is 7.34. The van der Waals surface area contributed by atoms with Gasteiger partial charge in [-0.1, -0.05) is 42.8 Å². The predicted octanol–water partition coefficient (Wildman–Crippen LogP) is 5.07. The van der Waals surface area contributed by atoms with Crippen molar-refractivity contribution in [3.63, 3.8) is 0 Å². The fraction of sp³-hybridized carbons (Fsp3) is 0.333. The molecular formula is C18H21ClFN. The lowest BCUT2D eigenvalue weighted by atomic mass is 9.95. The highest BCUT2D eigenvalue weighted by molar-refractivity contribution is 6.30. The average Bonchev–Trinajstić information content (AvgIpc) is 2.48. The summed E-state index contributed by atoms with van der Waals surface area (Å²) < 4.78 is 13.9. The number of nitrogens with one attached hydrogen (secondary N) is 1. The number of hydrogen-bond acceptors (Lipinski definition) is 1. The second-order valence-electron chi connectivity index (χ2n) is 5.30. The first-order chi connectivity index (χ1) is 10.1. The summed E-state index contributed by atoms with van der Waals surface area (Å²) in [6, 6.07) is 12.9. The third kappa shape index (κ3) is 4.29. The zero-order valence-corrected chi connectivity index (χ0v) is 13.3. The molecule has 2 rings (SSSR count). The Bertz CT molecular complexity index is 598. The van der Waals surface area contributed by atoms with Gasteiger partial charge in [0.15, 0.2) is 0 Å². The van der Waals surface area contributed by atoms with Crippen LogP contribution in [-0.4, -0.2) is 6.54 Å². The zero-order valence-electron chi connectivity index (χ0n) is 12.5. The first-order valence-corrected chi connectivity index (χ1v) is 7.72. The Kier molecular flexibility index (Phi) is 5.77. The molecule has 0 fully saturated rings. The molecule has 1 atom stereocenters. The van der Waals surface area contributed by atoms with E-state index < -0.39 is 0 Å². The van der Waals surface area contributed by atoms with Crippen LogP contribution in [0.25, 0.3) is 0 Å². The second-order valence-corrected chi connectivity index (χ2v) is 5.74. The van der Waals surface area contributed by atoms with E-state index in [2.05, 4.69) is 19.2 Å². The van der Waals surface area contributed by atoms with Crippen LogP contribution in [0, 0.1) is 12.7 Å². The van der Waals surface area contributed by atoms with Gasteiger partial charge in [0.1, 0.15) is 5.82 Å². The van der Waals surface area contributed by atoms with E-state index in [-0.39, 0.29) is 11.9 Å². The molecule has 0 radical (unpaired) electrons. The van der Waals surface area contributed by atoms with E-state index in [9.17, 15) is 4.39 Å². The minimum absolute atomic E-state index is 0.0700. The van der Waals surface area contributed by atoms with Crippen molar-refractivity contribution in [1.82, 2.24) is 5.32 Å². The Morgan fingerprint density at radius 1 is 1.19 bits per heavy atom. The summed E-state index contributed by atoms with van der Waals surface area (Å²) in [6.07, 6.45) is 1.65. The van der Waals surface area contributed by atoms with Crippen molar-refractivity contribution in [3.05, 3.63) is 70.0 Å². The summed E-state index contributed by atoms with van der Waals surface area (Å²) in [4.78, 5) is 0. The van der Waals surface area contributed by atoms with Crippen LogP contribution in [0.4, 0.5) is 4.39 Å². The van der Waals surface area contributed by atoms with Crippen molar-refractivity contribution in [2.45, 2.75) is 32.7 Å². The SMILES string of the molecule is CCCNC(Cc1ccccc1F)c1cc(Cl)ccc1C. The molecule has 0 aliphatic heterocycles. The molecule has 0 saturated carbocycles. The number of hydrogen-bond donors (Lipinski definition) is 1. The fourth-order valence-electron chi connectivity index (χ4n) is 2.48. The maximum atomic E-state index is 13.9. The molecule has 1 nitrogen and oxygen atoms in total.